The molecule has 124 valence electrons. The number of benzene rings is 1. The fourth-order valence-corrected chi connectivity index (χ4v) is 4.29. The van der Waals surface area contributed by atoms with E-state index in [4.69, 9.17) is 0 Å². The molecule has 0 radical (unpaired) electrons. The van der Waals surface area contributed by atoms with Gasteiger partial charge in [0.2, 0.25) is 16.4 Å². The van der Waals surface area contributed by atoms with Crippen molar-refractivity contribution in [3.63, 3.8) is 0 Å². The Morgan fingerprint density at radius 2 is 2.00 bits per heavy atom. The maximum absolute atomic E-state index is 13.1. The van der Waals surface area contributed by atoms with Crippen LogP contribution in [0.1, 0.15) is 23.7 Å². The summed E-state index contributed by atoms with van der Waals surface area (Å²) in [7, 11) is -4.25. The molecule has 1 saturated heterocycles. The summed E-state index contributed by atoms with van der Waals surface area (Å²) < 4.78 is 70.0. The van der Waals surface area contributed by atoms with Crippen LogP contribution in [0.2, 0.25) is 0 Å². The second-order valence-electron chi connectivity index (χ2n) is 5.13. The fourth-order valence-electron chi connectivity index (χ4n) is 2.58. The van der Waals surface area contributed by atoms with E-state index < -0.39 is 26.7 Å². The van der Waals surface area contributed by atoms with E-state index >= 15 is 0 Å². The van der Waals surface area contributed by atoms with Crippen LogP contribution in [0.25, 0.3) is 0 Å². The van der Waals surface area contributed by atoms with E-state index in [1.165, 1.54) is 6.07 Å². The summed E-state index contributed by atoms with van der Waals surface area (Å²) in [5.41, 5.74) is -1.16. The number of hydrogen-bond donors (Lipinski definition) is 0. The fraction of sp³-hybridized carbons (Fsp3) is 0.385. The van der Waals surface area contributed by atoms with Crippen molar-refractivity contribution in [2.45, 2.75) is 23.4 Å². The summed E-state index contributed by atoms with van der Waals surface area (Å²) in [6, 6.07) is 4.17. The second-order valence-corrected chi connectivity index (χ2v) is 7.04. The van der Waals surface area contributed by atoms with Crippen molar-refractivity contribution < 1.29 is 26.1 Å². The van der Waals surface area contributed by atoms with Crippen molar-refractivity contribution in [3.8, 4) is 0 Å². The zero-order chi connectivity index (χ0) is 16.7. The summed E-state index contributed by atoms with van der Waals surface area (Å²) in [5.74, 6) is 0.0633. The lowest BCUT2D eigenvalue weighted by Gasteiger charge is -2.19. The van der Waals surface area contributed by atoms with Crippen molar-refractivity contribution in [1.29, 1.82) is 0 Å². The molecular weight excluding hydrogens is 335 g/mol. The average molecular weight is 347 g/mol. The van der Waals surface area contributed by atoms with Gasteiger partial charge in [-0.2, -0.15) is 22.5 Å². The van der Waals surface area contributed by atoms with E-state index in [0.29, 0.717) is 12.2 Å². The molecule has 0 N–H and O–H groups in total. The molecule has 6 nitrogen and oxygen atoms in total. The molecule has 1 atom stereocenters. The number of sulfonamides is 1. The highest BCUT2D eigenvalue weighted by Crippen LogP contribution is 2.37. The first kappa shape index (κ1) is 15.9. The summed E-state index contributed by atoms with van der Waals surface area (Å²) >= 11 is 0. The Bertz CT molecular complexity index is 790. The summed E-state index contributed by atoms with van der Waals surface area (Å²) in [6.07, 6.45) is -3.19. The molecule has 2 heterocycles. The van der Waals surface area contributed by atoms with Crippen LogP contribution in [-0.4, -0.2) is 36.0 Å². The molecule has 0 saturated carbocycles. The number of alkyl halides is 3. The minimum absolute atomic E-state index is 0.0219. The lowest BCUT2D eigenvalue weighted by molar-refractivity contribution is -0.139. The standard InChI is InChI=1S/C13H12F3N3O3S/c14-13(15,16)10-3-1-2-4-11(10)23(20,21)19-6-5-9(7-19)12-17-8-22-18-12/h1-4,8-9H,5-7H2. The topological polar surface area (TPSA) is 76.3 Å². The molecule has 0 bridgehead atoms. The molecule has 0 aliphatic carbocycles. The SMILES string of the molecule is O=S(=O)(c1ccccc1C(F)(F)F)N1CCC(c2ncon2)C1. The third-order valence-corrected chi connectivity index (χ3v) is 5.63. The van der Waals surface area contributed by atoms with Gasteiger partial charge in [-0.1, -0.05) is 17.3 Å². The number of hydrogen-bond acceptors (Lipinski definition) is 5. The van der Waals surface area contributed by atoms with Crippen LogP contribution in [-0.2, 0) is 16.2 Å². The van der Waals surface area contributed by atoms with Crippen molar-refractivity contribution in [3.05, 3.63) is 42.0 Å². The minimum atomic E-state index is -4.74. The largest absolute Gasteiger partial charge is 0.417 e. The van der Waals surface area contributed by atoms with E-state index in [9.17, 15) is 21.6 Å². The van der Waals surface area contributed by atoms with Crippen molar-refractivity contribution in [2.24, 2.45) is 0 Å². The Morgan fingerprint density at radius 3 is 2.65 bits per heavy atom. The van der Waals surface area contributed by atoms with Crippen LogP contribution in [0.5, 0.6) is 0 Å². The molecule has 3 rings (SSSR count). The molecule has 1 unspecified atom stereocenters. The maximum Gasteiger partial charge on any atom is 0.417 e. The number of rotatable bonds is 3. The zero-order valence-corrected chi connectivity index (χ0v) is 12.5. The molecule has 1 aromatic carbocycles. The van der Waals surface area contributed by atoms with Gasteiger partial charge in [-0.15, -0.1) is 0 Å². The molecule has 1 aromatic heterocycles. The van der Waals surface area contributed by atoms with Crippen molar-refractivity contribution >= 4 is 10.0 Å². The first-order valence-corrected chi connectivity index (χ1v) is 8.17. The van der Waals surface area contributed by atoms with Crippen molar-refractivity contribution in [1.82, 2.24) is 14.4 Å². The lowest BCUT2D eigenvalue weighted by atomic mass is 10.1. The predicted octanol–water partition coefficient (Wildman–Crippen LogP) is 2.27. The highest BCUT2D eigenvalue weighted by Gasteiger charge is 2.41. The van der Waals surface area contributed by atoms with Crippen LogP contribution >= 0.6 is 0 Å². The minimum Gasteiger partial charge on any atom is -0.343 e. The molecule has 1 fully saturated rings. The van der Waals surface area contributed by atoms with Gasteiger partial charge < -0.3 is 4.52 Å². The number of halogens is 3. The molecule has 10 heteroatoms. The third kappa shape index (κ3) is 2.95. The van der Waals surface area contributed by atoms with Gasteiger partial charge in [-0.05, 0) is 18.6 Å². The Morgan fingerprint density at radius 1 is 1.26 bits per heavy atom. The summed E-state index contributed by atoms with van der Waals surface area (Å²) in [4.78, 5) is 3.13. The van der Waals surface area contributed by atoms with Gasteiger partial charge in [0.1, 0.15) is 0 Å². The predicted molar refractivity (Wildman–Crippen MR) is 71.9 cm³/mol. The monoisotopic (exact) mass is 347 g/mol. The normalized spacial score (nSPS) is 20.0. The Labute approximate surface area is 130 Å². The summed E-state index contributed by atoms with van der Waals surface area (Å²) in [6.45, 7) is 0.127. The van der Waals surface area contributed by atoms with Crippen LogP contribution in [0.15, 0.2) is 40.1 Å². The van der Waals surface area contributed by atoms with Gasteiger partial charge in [0.15, 0.2) is 5.82 Å². The number of nitrogens with zero attached hydrogens (tertiary/aromatic N) is 3. The Balaban J connectivity index is 1.92. The van der Waals surface area contributed by atoms with Crippen molar-refractivity contribution in [2.75, 3.05) is 13.1 Å². The molecule has 0 spiro atoms. The first-order chi connectivity index (χ1) is 10.8. The molecule has 23 heavy (non-hydrogen) atoms. The molecule has 1 aliphatic rings. The van der Waals surface area contributed by atoms with Crippen LogP contribution in [0, 0.1) is 0 Å². The first-order valence-electron chi connectivity index (χ1n) is 6.73. The van der Waals surface area contributed by atoms with E-state index in [2.05, 4.69) is 14.7 Å². The van der Waals surface area contributed by atoms with Gasteiger partial charge in [-0.25, -0.2) is 8.42 Å². The van der Waals surface area contributed by atoms with Gasteiger partial charge >= 0.3 is 6.18 Å². The van der Waals surface area contributed by atoms with Gasteiger partial charge in [0.05, 0.1) is 10.5 Å². The van der Waals surface area contributed by atoms with Gasteiger partial charge in [0.25, 0.3) is 0 Å². The maximum atomic E-state index is 13.1. The molecule has 1 aliphatic heterocycles. The highest BCUT2D eigenvalue weighted by molar-refractivity contribution is 7.89. The Kier molecular flexibility index (Phi) is 3.88. The average Bonchev–Trinajstić information content (AvgIpc) is 3.17. The van der Waals surface area contributed by atoms with Crippen LogP contribution in [0.4, 0.5) is 13.2 Å². The molecule has 0 amide bonds. The summed E-state index contributed by atoms with van der Waals surface area (Å²) in [5, 5.41) is 3.66. The molecular formula is C13H12F3N3O3S. The Hall–Kier alpha value is -1.94. The van der Waals surface area contributed by atoms with E-state index in [0.717, 1.165) is 28.9 Å². The van der Waals surface area contributed by atoms with Crippen LogP contribution < -0.4 is 0 Å². The second kappa shape index (κ2) is 5.60. The van der Waals surface area contributed by atoms with Gasteiger partial charge in [-0.3, -0.25) is 0 Å². The third-order valence-electron chi connectivity index (χ3n) is 3.70. The van der Waals surface area contributed by atoms with Crippen LogP contribution in [0.3, 0.4) is 0 Å². The van der Waals surface area contributed by atoms with E-state index in [1.807, 2.05) is 0 Å². The van der Waals surface area contributed by atoms with Gasteiger partial charge in [0, 0.05) is 19.0 Å². The van der Waals surface area contributed by atoms with E-state index in [-0.39, 0.29) is 19.0 Å². The number of aromatic nitrogens is 2. The smallest absolute Gasteiger partial charge is 0.343 e. The lowest BCUT2D eigenvalue weighted by Crippen LogP contribution is -2.30. The highest BCUT2D eigenvalue weighted by atomic mass is 32.2. The zero-order valence-electron chi connectivity index (χ0n) is 11.7. The quantitative estimate of drug-likeness (QED) is 0.851. The molecule has 2 aromatic rings. The van der Waals surface area contributed by atoms with E-state index in [1.54, 1.807) is 0 Å².